The highest BCUT2D eigenvalue weighted by molar-refractivity contribution is 5.08. The Morgan fingerprint density at radius 2 is 0.632 bits per heavy atom. The maximum absolute atomic E-state index is 2.11. The van der Waals surface area contributed by atoms with E-state index in [0.717, 1.165) is 17.8 Å². The van der Waals surface area contributed by atoms with Crippen LogP contribution >= 0.6 is 0 Å². The summed E-state index contributed by atoms with van der Waals surface area (Å²) in [7, 11) is 0. The Morgan fingerprint density at radius 1 is 0.368 bits per heavy atom. The van der Waals surface area contributed by atoms with Crippen molar-refractivity contribution < 1.29 is 0 Å². The van der Waals surface area contributed by atoms with Gasteiger partial charge in [0, 0.05) is 0 Å². The Balaban J connectivity index is 1.68. The van der Waals surface area contributed by atoms with E-state index < -0.39 is 0 Å². The highest BCUT2D eigenvalue weighted by Crippen LogP contribution is 2.48. The molecule has 3 rings (SSSR count). The molecule has 0 N–H and O–H groups in total. The van der Waals surface area contributed by atoms with Crippen LogP contribution in [0.5, 0.6) is 0 Å². The Labute approximate surface area is 120 Å². The van der Waals surface area contributed by atoms with Gasteiger partial charge in [-0.05, 0) is 77.0 Å². The van der Waals surface area contributed by atoms with Crippen LogP contribution in [0.25, 0.3) is 0 Å². The molecule has 0 saturated heterocycles. The predicted octanol–water partition coefficient (Wildman–Crippen LogP) is 6.30. The van der Waals surface area contributed by atoms with Crippen LogP contribution in [0.4, 0.5) is 0 Å². The lowest BCUT2D eigenvalue weighted by Gasteiger charge is -2.35. The molecule has 3 fully saturated rings. The maximum atomic E-state index is 2.11. The van der Waals surface area contributed by atoms with Crippen LogP contribution in [0.1, 0.15) is 96.3 Å². The van der Waals surface area contributed by atoms with Gasteiger partial charge in [0.25, 0.3) is 0 Å². The second-order valence-electron chi connectivity index (χ2n) is 7.50. The largest absolute Gasteiger partial charge is 0.101 e. The predicted molar refractivity (Wildman–Crippen MR) is 83.0 cm³/mol. The molecule has 0 radical (unpaired) electrons. The number of hydrogen-bond donors (Lipinski definition) is 0. The lowest BCUT2D eigenvalue weighted by atomic mass is 9.62. The molecule has 108 valence electrons. The quantitative estimate of drug-likeness (QED) is 0.523. The zero-order chi connectivity index (χ0) is 12.9. The average Bonchev–Trinajstić information content (AvgIpc) is 2.51. The molecular formula is C19H33+. The summed E-state index contributed by atoms with van der Waals surface area (Å²) in [5, 5.41) is 0. The van der Waals surface area contributed by atoms with Gasteiger partial charge in [-0.15, -0.1) is 0 Å². The highest BCUT2D eigenvalue weighted by atomic mass is 14.4. The Morgan fingerprint density at radius 3 is 0.895 bits per heavy atom. The van der Waals surface area contributed by atoms with Gasteiger partial charge in [-0.25, -0.2) is 0 Å². The summed E-state index contributed by atoms with van der Waals surface area (Å²) in [6.45, 7) is 0. The van der Waals surface area contributed by atoms with E-state index in [4.69, 9.17) is 0 Å². The molecule has 3 aliphatic carbocycles. The summed E-state index contributed by atoms with van der Waals surface area (Å²) < 4.78 is 0. The Hall–Kier alpha value is -0.130. The van der Waals surface area contributed by atoms with Crippen molar-refractivity contribution in [2.24, 2.45) is 17.8 Å². The third-order valence-corrected chi connectivity index (χ3v) is 6.23. The molecule has 19 heavy (non-hydrogen) atoms. The molecule has 0 atom stereocenters. The van der Waals surface area contributed by atoms with Gasteiger partial charge in [0.1, 0.15) is 17.8 Å². The molecule has 0 nitrogen and oxygen atoms in total. The molecule has 0 spiro atoms. The molecule has 3 aliphatic rings. The normalized spacial score (nSPS) is 28.4. The van der Waals surface area contributed by atoms with E-state index in [0.29, 0.717) is 0 Å². The monoisotopic (exact) mass is 261 g/mol. The van der Waals surface area contributed by atoms with Crippen molar-refractivity contribution in [3.63, 3.8) is 0 Å². The molecule has 0 amide bonds. The van der Waals surface area contributed by atoms with E-state index >= 15 is 0 Å². The van der Waals surface area contributed by atoms with Gasteiger partial charge in [0.2, 0.25) is 0 Å². The zero-order valence-corrected chi connectivity index (χ0v) is 12.8. The van der Waals surface area contributed by atoms with Crippen molar-refractivity contribution in [2.45, 2.75) is 96.3 Å². The van der Waals surface area contributed by atoms with Crippen molar-refractivity contribution in [1.29, 1.82) is 0 Å². The Bertz CT molecular complexity index is 196. The second-order valence-corrected chi connectivity index (χ2v) is 7.50. The lowest BCUT2D eigenvalue weighted by Crippen LogP contribution is -2.32. The maximum Gasteiger partial charge on any atom is 0.101 e. The van der Waals surface area contributed by atoms with Gasteiger partial charge >= 0.3 is 0 Å². The molecular weight excluding hydrogens is 228 g/mol. The van der Waals surface area contributed by atoms with Crippen molar-refractivity contribution in [1.82, 2.24) is 0 Å². The van der Waals surface area contributed by atoms with Gasteiger partial charge in [0.15, 0.2) is 0 Å². The minimum Gasteiger partial charge on any atom is -0.0530 e. The molecule has 0 heterocycles. The molecule has 0 unspecified atom stereocenters. The topological polar surface area (TPSA) is 0 Å². The molecule has 0 aliphatic heterocycles. The first-order valence-electron chi connectivity index (χ1n) is 9.32. The summed E-state index contributed by atoms with van der Waals surface area (Å²) >= 11 is 0. The smallest absolute Gasteiger partial charge is 0.0530 e. The number of rotatable bonds is 3. The van der Waals surface area contributed by atoms with Crippen LogP contribution in [-0.2, 0) is 0 Å². The summed E-state index contributed by atoms with van der Waals surface area (Å²) in [6, 6.07) is 0. The fourth-order valence-corrected chi connectivity index (χ4v) is 5.31. The minimum absolute atomic E-state index is 1.04. The summed E-state index contributed by atoms with van der Waals surface area (Å²) in [4.78, 5) is 0. The second kappa shape index (κ2) is 7.04. The fourth-order valence-electron chi connectivity index (χ4n) is 5.31. The Kier molecular flexibility index (Phi) is 5.13. The van der Waals surface area contributed by atoms with Gasteiger partial charge < -0.3 is 0 Å². The van der Waals surface area contributed by atoms with E-state index in [1.807, 2.05) is 0 Å². The lowest BCUT2D eigenvalue weighted by molar-refractivity contribution is 0.202. The molecule has 3 saturated carbocycles. The molecule has 0 bridgehead atoms. The minimum atomic E-state index is 1.04. The van der Waals surface area contributed by atoms with E-state index in [1.54, 1.807) is 38.5 Å². The van der Waals surface area contributed by atoms with Crippen molar-refractivity contribution in [3.05, 3.63) is 5.92 Å². The average molecular weight is 261 g/mol. The highest BCUT2D eigenvalue weighted by Gasteiger charge is 2.46. The summed E-state index contributed by atoms with van der Waals surface area (Å²) in [5.74, 6) is 5.24. The number of hydrogen-bond acceptors (Lipinski definition) is 0. The van der Waals surface area contributed by atoms with Gasteiger partial charge in [0.05, 0.1) is 5.92 Å². The third-order valence-electron chi connectivity index (χ3n) is 6.23. The van der Waals surface area contributed by atoms with Crippen molar-refractivity contribution in [3.8, 4) is 0 Å². The van der Waals surface area contributed by atoms with E-state index in [-0.39, 0.29) is 0 Å². The summed E-state index contributed by atoms with van der Waals surface area (Å²) in [5.41, 5.74) is 0. The third kappa shape index (κ3) is 3.50. The van der Waals surface area contributed by atoms with Crippen LogP contribution in [0, 0.1) is 23.7 Å². The molecule has 0 aromatic heterocycles. The van der Waals surface area contributed by atoms with Gasteiger partial charge in [-0.3, -0.25) is 0 Å². The molecule has 0 heteroatoms. The van der Waals surface area contributed by atoms with Gasteiger partial charge in [-0.2, -0.15) is 0 Å². The van der Waals surface area contributed by atoms with Crippen LogP contribution < -0.4 is 0 Å². The van der Waals surface area contributed by atoms with E-state index in [2.05, 4.69) is 5.92 Å². The van der Waals surface area contributed by atoms with Crippen LogP contribution in [-0.4, -0.2) is 0 Å². The van der Waals surface area contributed by atoms with E-state index in [1.165, 1.54) is 57.8 Å². The van der Waals surface area contributed by atoms with Crippen LogP contribution in [0.15, 0.2) is 0 Å². The standard InChI is InChI=1S/C19H33/c1-4-10-16(11-5-1)19(17-12-6-2-7-13-17)18-14-8-3-9-15-18/h16-18H,1-15H2/q+1. The van der Waals surface area contributed by atoms with Crippen molar-refractivity contribution in [2.75, 3.05) is 0 Å². The van der Waals surface area contributed by atoms with Crippen LogP contribution in [0.2, 0.25) is 0 Å². The first kappa shape index (κ1) is 13.8. The first-order valence-corrected chi connectivity index (χ1v) is 9.32. The first-order chi connectivity index (χ1) is 9.45. The van der Waals surface area contributed by atoms with E-state index in [9.17, 15) is 0 Å². The molecule has 0 aromatic carbocycles. The van der Waals surface area contributed by atoms with Crippen LogP contribution in [0.3, 0.4) is 0 Å². The SMILES string of the molecule is C1CCC([C+](C2CCCCC2)C2CCCCC2)CC1. The zero-order valence-electron chi connectivity index (χ0n) is 12.8. The molecule has 0 aromatic rings. The summed E-state index contributed by atoms with van der Waals surface area (Å²) in [6.07, 6.45) is 22.9. The fraction of sp³-hybridized carbons (Fsp3) is 0.947. The van der Waals surface area contributed by atoms with Crippen molar-refractivity contribution >= 4 is 0 Å². The van der Waals surface area contributed by atoms with Gasteiger partial charge in [-0.1, -0.05) is 19.3 Å².